The van der Waals surface area contributed by atoms with E-state index in [-0.39, 0.29) is 17.1 Å². The van der Waals surface area contributed by atoms with Crippen molar-refractivity contribution in [3.05, 3.63) is 64.5 Å². The fraction of sp³-hybridized carbons (Fsp3) is 0.167. The van der Waals surface area contributed by atoms with Crippen LogP contribution in [0.3, 0.4) is 0 Å². The minimum atomic E-state index is -0.554. The normalized spacial score (nSPS) is 10.4. The van der Waals surface area contributed by atoms with Gasteiger partial charge in [0, 0.05) is 11.8 Å². The predicted molar refractivity (Wildman–Crippen MR) is 113 cm³/mol. The van der Waals surface area contributed by atoms with E-state index in [0.29, 0.717) is 17.5 Å². The van der Waals surface area contributed by atoms with Crippen LogP contribution < -0.4 is 21.2 Å². The Hall–Kier alpha value is -3.80. The molecule has 0 aliphatic heterocycles. The summed E-state index contributed by atoms with van der Waals surface area (Å²) in [4.78, 5) is 22.6. The highest BCUT2D eigenvalue weighted by atomic mass is 32.2. The highest BCUT2D eigenvalue weighted by molar-refractivity contribution is 7.99. The Kier molecular flexibility index (Phi) is 6.70. The number of nitrogens with one attached hydrogen (secondary N) is 2. The van der Waals surface area contributed by atoms with E-state index >= 15 is 0 Å². The van der Waals surface area contributed by atoms with Gasteiger partial charge in [0.2, 0.25) is 11.1 Å². The molecule has 156 valence electrons. The number of anilines is 2. The van der Waals surface area contributed by atoms with E-state index in [1.165, 1.54) is 22.9 Å². The largest absolute Gasteiger partial charge is 0.497 e. The van der Waals surface area contributed by atoms with Crippen molar-refractivity contribution < 1.29 is 14.5 Å². The van der Waals surface area contributed by atoms with E-state index in [0.717, 1.165) is 23.2 Å². The lowest BCUT2D eigenvalue weighted by Crippen LogP contribution is -2.18. The summed E-state index contributed by atoms with van der Waals surface area (Å²) in [6.07, 6.45) is 0. The maximum Gasteiger partial charge on any atom is 0.292 e. The first-order valence-electron chi connectivity index (χ1n) is 8.71. The molecule has 30 heavy (non-hydrogen) atoms. The van der Waals surface area contributed by atoms with Crippen LogP contribution in [0.15, 0.2) is 53.7 Å². The summed E-state index contributed by atoms with van der Waals surface area (Å²) in [6, 6.07) is 13.3. The van der Waals surface area contributed by atoms with Crippen LogP contribution in [0.4, 0.5) is 17.1 Å². The van der Waals surface area contributed by atoms with Gasteiger partial charge < -0.3 is 21.2 Å². The minimum Gasteiger partial charge on any atom is -0.497 e. The number of para-hydroxylation sites is 2. The molecule has 0 radical (unpaired) electrons. The Labute approximate surface area is 175 Å². The van der Waals surface area contributed by atoms with Crippen LogP contribution >= 0.6 is 11.8 Å². The standard InChI is InChI=1S/C18H19N7O4S/c1-29-13-8-6-12(7-9-13)20-10-16-22-23-18(24(16)19)30-11-17(26)21-14-4-2-3-5-15(14)25(27)28/h2-9,20H,10-11,19H2,1H3,(H,21,26). The first-order valence-corrected chi connectivity index (χ1v) is 9.70. The van der Waals surface area contributed by atoms with Gasteiger partial charge >= 0.3 is 0 Å². The van der Waals surface area contributed by atoms with Gasteiger partial charge in [-0.15, -0.1) is 10.2 Å². The van der Waals surface area contributed by atoms with Crippen LogP contribution in [0.1, 0.15) is 5.82 Å². The third-order valence-electron chi connectivity index (χ3n) is 3.98. The molecule has 12 heteroatoms. The summed E-state index contributed by atoms with van der Waals surface area (Å²) in [5.41, 5.74) is 0.813. The molecule has 1 heterocycles. The SMILES string of the molecule is COc1ccc(NCc2nnc(SCC(=O)Nc3ccccc3[N+](=O)[O-])n2N)cc1. The third-order valence-corrected chi connectivity index (χ3v) is 4.93. The number of thioether (sulfide) groups is 1. The van der Waals surface area contributed by atoms with Crippen LogP contribution in [-0.4, -0.2) is 38.6 Å². The number of nitrogens with two attached hydrogens (primary N) is 1. The zero-order valence-electron chi connectivity index (χ0n) is 15.9. The number of carbonyl (C=O) groups is 1. The van der Waals surface area contributed by atoms with Gasteiger partial charge in [0.1, 0.15) is 11.4 Å². The van der Waals surface area contributed by atoms with Gasteiger partial charge in [0.25, 0.3) is 5.69 Å². The first-order chi connectivity index (χ1) is 14.5. The smallest absolute Gasteiger partial charge is 0.292 e. The fourth-order valence-corrected chi connectivity index (χ4v) is 3.15. The number of nitrogens with zero attached hydrogens (tertiary/aromatic N) is 4. The Bertz CT molecular complexity index is 1040. The van der Waals surface area contributed by atoms with Crippen molar-refractivity contribution in [1.82, 2.24) is 14.9 Å². The van der Waals surface area contributed by atoms with Crippen molar-refractivity contribution in [1.29, 1.82) is 0 Å². The summed E-state index contributed by atoms with van der Waals surface area (Å²) in [6.45, 7) is 0.332. The molecule has 1 amide bonds. The Morgan fingerprint density at radius 3 is 2.67 bits per heavy atom. The number of nitrogen functional groups attached to an aromatic ring is 1. The average molecular weight is 429 g/mol. The lowest BCUT2D eigenvalue weighted by molar-refractivity contribution is -0.383. The molecule has 0 saturated carbocycles. The lowest BCUT2D eigenvalue weighted by Gasteiger charge is -2.08. The molecule has 0 unspecified atom stereocenters. The molecule has 11 nitrogen and oxygen atoms in total. The van der Waals surface area contributed by atoms with Crippen LogP contribution in [0.25, 0.3) is 0 Å². The molecule has 4 N–H and O–H groups in total. The highest BCUT2D eigenvalue weighted by Gasteiger charge is 2.16. The Balaban J connectivity index is 1.54. The first kappa shape index (κ1) is 20.9. The quantitative estimate of drug-likeness (QED) is 0.201. The fourth-order valence-electron chi connectivity index (χ4n) is 2.47. The van der Waals surface area contributed by atoms with E-state index in [2.05, 4.69) is 20.8 Å². The summed E-state index contributed by atoms with van der Waals surface area (Å²) < 4.78 is 6.40. The lowest BCUT2D eigenvalue weighted by atomic mass is 10.2. The van der Waals surface area contributed by atoms with Gasteiger partial charge in [0.05, 0.1) is 24.3 Å². The van der Waals surface area contributed by atoms with Crippen molar-refractivity contribution in [2.75, 3.05) is 29.3 Å². The number of amides is 1. The van der Waals surface area contributed by atoms with Crippen molar-refractivity contribution in [2.24, 2.45) is 0 Å². The molecule has 0 aliphatic rings. The molecule has 3 aromatic rings. The van der Waals surface area contributed by atoms with Gasteiger partial charge in [-0.05, 0) is 30.3 Å². The van der Waals surface area contributed by atoms with Gasteiger partial charge in [-0.2, -0.15) is 0 Å². The molecule has 0 atom stereocenters. The van der Waals surface area contributed by atoms with E-state index in [9.17, 15) is 14.9 Å². The number of nitro benzene ring substituents is 1. The summed E-state index contributed by atoms with van der Waals surface area (Å²) in [5.74, 6) is 6.78. The number of nitro groups is 1. The molecule has 0 fully saturated rings. The molecule has 2 aromatic carbocycles. The van der Waals surface area contributed by atoms with Crippen molar-refractivity contribution in [2.45, 2.75) is 11.7 Å². The zero-order valence-corrected chi connectivity index (χ0v) is 16.8. The third kappa shape index (κ3) is 5.17. The molecule has 0 bridgehead atoms. The van der Waals surface area contributed by atoms with Crippen LogP contribution in [0.2, 0.25) is 0 Å². The topological polar surface area (TPSA) is 150 Å². The molecule has 0 aliphatic carbocycles. The second-order valence-electron chi connectivity index (χ2n) is 5.96. The number of hydrogen-bond donors (Lipinski definition) is 3. The van der Waals surface area contributed by atoms with Crippen LogP contribution in [0, 0.1) is 10.1 Å². The maximum absolute atomic E-state index is 12.2. The molecular formula is C18H19N7O4S. The number of ether oxygens (including phenoxy) is 1. The number of rotatable bonds is 9. The van der Waals surface area contributed by atoms with E-state index < -0.39 is 10.8 Å². The van der Waals surface area contributed by atoms with E-state index in [1.807, 2.05) is 24.3 Å². The number of hydrogen-bond acceptors (Lipinski definition) is 9. The summed E-state index contributed by atoms with van der Waals surface area (Å²) >= 11 is 1.07. The van der Waals surface area contributed by atoms with Gasteiger partial charge in [-0.25, -0.2) is 4.68 Å². The van der Waals surface area contributed by atoms with Crippen molar-refractivity contribution in [3.63, 3.8) is 0 Å². The minimum absolute atomic E-state index is 0.0344. The molecule has 0 spiro atoms. The maximum atomic E-state index is 12.2. The van der Waals surface area contributed by atoms with Crippen LogP contribution in [0.5, 0.6) is 5.75 Å². The Morgan fingerprint density at radius 1 is 1.23 bits per heavy atom. The van der Waals surface area contributed by atoms with Gasteiger partial charge in [-0.3, -0.25) is 14.9 Å². The summed E-state index contributed by atoms with van der Waals surface area (Å²) in [7, 11) is 1.60. The Morgan fingerprint density at radius 2 is 1.97 bits per heavy atom. The second-order valence-corrected chi connectivity index (χ2v) is 6.90. The number of aromatic nitrogens is 3. The van der Waals surface area contributed by atoms with Crippen molar-refractivity contribution >= 4 is 34.7 Å². The number of benzene rings is 2. The van der Waals surface area contributed by atoms with E-state index in [1.54, 1.807) is 13.2 Å². The molecular weight excluding hydrogens is 410 g/mol. The van der Waals surface area contributed by atoms with Crippen LogP contribution in [-0.2, 0) is 11.3 Å². The summed E-state index contributed by atoms with van der Waals surface area (Å²) in [5, 5.41) is 25.1. The highest BCUT2D eigenvalue weighted by Crippen LogP contribution is 2.24. The number of methoxy groups -OCH3 is 1. The van der Waals surface area contributed by atoms with Gasteiger partial charge in [-0.1, -0.05) is 23.9 Å². The predicted octanol–water partition coefficient (Wildman–Crippen LogP) is 2.25. The average Bonchev–Trinajstić information content (AvgIpc) is 3.10. The number of carbonyl (C=O) groups excluding carboxylic acids is 1. The second kappa shape index (κ2) is 9.60. The molecule has 3 rings (SSSR count). The molecule has 0 saturated heterocycles. The van der Waals surface area contributed by atoms with E-state index in [4.69, 9.17) is 10.6 Å². The molecule has 1 aromatic heterocycles. The monoisotopic (exact) mass is 429 g/mol. The zero-order chi connectivity index (χ0) is 21.5. The van der Waals surface area contributed by atoms with Crippen molar-refractivity contribution in [3.8, 4) is 5.75 Å². The van der Waals surface area contributed by atoms with Gasteiger partial charge in [0.15, 0.2) is 5.82 Å².